The lowest BCUT2D eigenvalue weighted by atomic mass is 10.0. The Balaban J connectivity index is 1.45. The van der Waals surface area contributed by atoms with Crippen molar-refractivity contribution in [2.75, 3.05) is 13.1 Å². The van der Waals surface area contributed by atoms with Gasteiger partial charge in [-0.3, -0.25) is 14.7 Å². The molecule has 154 valence electrons. The molecule has 0 aliphatic carbocycles. The average Bonchev–Trinajstić information content (AvgIpc) is 2.69. The fraction of sp³-hybridized carbons (Fsp3) is 0.450. The normalized spacial score (nSPS) is 17.6. The first-order valence-corrected chi connectivity index (χ1v) is 9.60. The summed E-state index contributed by atoms with van der Waals surface area (Å²) in [5.74, 6) is 0.339. The van der Waals surface area contributed by atoms with E-state index >= 15 is 0 Å². The van der Waals surface area contributed by atoms with E-state index in [1.165, 1.54) is 12.1 Å². The molecular formula is C20H21F3N4O2. The van der Waals surface area contributed by atoms with Crippen molar-refractivity contribution in [3.05, 3.63) is 57.3 Å². The van der Waals surface area contributed by atoms with E-state index in [1.54, 1.807) is 12.1 Å². The molecule has 4 rings (SSSR count). The Morgan fingerprint density at radius 1 is 1.14 bits per heavy atom. The monoisotopic (exact) mass is 406 g/mol. The number of benzene rings is 1. The van der Waals surface area contributed by atoms with Gasteiger partial charge in [-0.2, -0.15) is 0 Å². The molecule has 0 atom stereocenters. The molecule has 2 aliphatic rings. The lowest BCUT2D eigenvalue weighted by Crippen LogP contribution is -2.36. The molecule has 0 amide bonds. The topological polar surface area (TPSA) is 70.6 Å². The third-order valence-corrected chi connectivity index (χ3v) is 5.11. The van der Waals surface area contributed by atoms with Crippen LogP contribution in [-0.4, -0.2) is 40.0 Å². The minimum Gasteiger partial charge on any atom is -0.406 e. The molecule has 1 aromatic heterocycles. The Labute approximate surface area is 165 Å². The van der Waals surface area contributed by atoms with Gasteiger partial charge in [0.05, 0.1) is 17.0 Å². The summed E-state index contributed by atoms with van der Waals surface area (Å²) < 4.78 is 40.7. The minimum absolute atomic E-state index is 0.142. The van der Waals surface area contributed by atoms with Crippen LogP contribution in [0.3, 0.4) is 0 Å². The maximum Gasteiger partial charge on any atom is 0.573 e. The van der Waals surface area contributed by atoms with Crippen LogP contribution < -0.4 is 10.3 Å². The van der Waals surface area contributed by atoms with Crippen molar-refractivity contribution in [2.24, 2.45) is 4.99 Å². The summed E-state index contributed by atoms with van der Waals surface area (Å²) in [5.41, 5.74) is 3.04. The zero-order chi connectivity index (χ0) is 20.4. The van der Waals surface area contributed by atoms with Crippen molar-refractivity contribution >= 4 is 5.71 Å². The first-order valence-electron chi connectivity index (χ1n) is 9.60. The van der Waals surface area contributed by atoms with Crippen LogP contribution in [0.4, 0.5) is 13.2 Å². The molecule has 0 bridgehead atoms. The lowest BCUT2D eigenvalue weighted by molar-refractivity contribution is -0.274. The number of aromatic amines is 1. The minimum atomic E-state index is -4.70. The number of ether oxygens (including phenoxy) is 1. The molecule has 2 aromatic rings. The largest absolute Gasteiger partial charge is 0.573 e. The number of H-pyrrole nitrogens is 1. The van der Waals surface area contributed by atoms with Gasteiger partial charge >= 0.3 is 6.36 Å². The van der Waals surface area contributed by atoms with Gasteiger partial charge in [0.2, 0.25) is 0 Å². The summed E-state index contributed by atoms with van der Waals surface area (Å²) >= 11 is 0. The number of aromatic nitrogens is 2. The van der Waals surface area contributed by atoms with Crippen molar-refractivity contribution in [3.63, 3.8) is 0 Å². The van der Waals surface area contributed by atoms with E-state index in [0.29, 0.717) is 30.9 Å². The van der Waals surface area contributed by atoms with E-state index in [4.69, 9.17) is 0 Å². The average molecular weight is 406 g/mol. The second kappa shape index (κ2) is 7.98. The molecule has 0 fully saturated rings. The van der Waals surface area contributed by atoms with Gasteiger partial charge in [0.1, 0.15) is 5.75 Å². The number of fused-ring (bicyclic) bond motifs is 1. The number of alkyl halides is 3. The van der Waals surface area contributed by atoms with Crippen LogP contribution >= 0.6 is 0 Å². The third-order valence-electron chi connectivity index (χ3n) is 5.11. The van der Waals surface area contributed by atoms with Crippen LogP contribution in [0.1, 0.15) is 41.9 Å². The number of hydrogen-bond donors (Lipinski definition) is 1. The molecule has 6 nitrogen and oxygen atoms in total. The van der Waals surface area contributed by atoms with Crippen molar-refractivity contribution in [1.29, 1.82) is 0 Å². The molecule has 1 N–H and O–H groups in total. The Bertz CT molecular complexity index is 967. The Hall–Kier alpha value is -2.68. The third kappa shape index (κ3) is 4.84. The molecule has 2 aliphatic heterocycles. The predicted octanol–water partition coefficient (Wildman–Crippen LogP) is 3.20. The molecule has 1 aromatic carbocycles. The van der Waals surface area contributed by atoms with Gasteiger partial charge in [-0.1, -0.05) is 12.1 Å². The van der Waals surface area contributed by atoms with Gasteiger partial charge in [0.15, 0.2) is 5.82 Å². The Morgan fingerprint density at radius 2 is 1.93 bits per heavy atom. The standard InChI is InChI=1S/C20H21F3N4O2/c21-20(22,23)29-14-6-4-13(5-7-14)11-27-10-8-16-15(12-27)19(28)26-18(25-16)17-3-1-2-9-24-17/h4-7H,1-3,8-12H2,(H,25,26,28). The number of halogens is 3. The highest BCUT2D eigenvalue weighted by Gasteiger charge is 2.31. The molecule has 9 heteroatoms. The molecule has 3 heterocycles. The van der Waals surface area contributed by atoms with Crippen molar-refractivity contribution in [2.45, 2.75) is 45.1 Å². The second-order valence-electron chi connectivity index (χ2n) is 7.28. The van der Waals surface area contributed by atoms with Crippen LogP contribution in [0.2, 0.25) is 0 Å². The predicted molar refractivity (Wildman–Crippen MR) is 101 cm³/mol. The van der Waals surface area contributed by atoms with Crippen LogP contribution in [0.5, 0.6) is 5.75 Å². The van der Waals surface area contributed by atoms with Crippen LogP contribution in [0.25, 0.3) is 0 Å². The van der Waals surface area contributed by atoms with E-state index in [-0.39, 0.29) is 11.3 Å². The highest BCUT2D eigenvalue weighted by atomic mass is 19.4. The summed E-state index contributed by atoms with van der Waals surface area (Å²) in [4.78, 5) is 26.7. The van der Waals surface area contributed by atoms with Crippen molar-refractivity contribution in [3.8, 4) is 5.75 Å². The maximum absolute atomic E-state index is 12.6. The molecule has 0 saturated carbocycles. The molecular weight excluding hydrogens is 385 g/mol. The van der Waals surface area contributed by atoms with E-state index in [2.05, 4.69) is 24.6 Å². The maximum atomic E-state index is 12.6. The number of rotatable bonds is 4. The summed E-state index contributed by atoms with van der Waals surface area (Å²) in [5, 5.41) is 0. The fourth-order valence-electron chi connectivity index (χ4n) is 3.70. The summed E-state index contributed by atoms with van der Waals surface area (Å²) in [6.07, 6.45) is -1.10. The number of nitrogens with zero attached hydrogens (tertiary/aromatic N) is 3. The van der Waals surface area contributed by atoms with E-state index < -0.39 is 6.36 Å². The number of hydrogen-bond acceptors (Lipinski definition) is 5. The summed E-state index contributed by atoms with van der Waals surface area (Å²) in [6, 6.07) is 5.80. The number of aliphatic imine (C=N–C) groups is 1. The van der Waals surface area contributed by atoms with E-state index in [0.717, 1.165) is 49.3 Å². The molecule has 0 radical (unpaired) electrons. The zero-order valence-electron chi connectivity index (χ0n) is 15.8. The summed E-state index contributed by atoms with van der Waals surface area (Å²) in [6.45, 7) is 2.47. The lowest BCUT2D eigenvalue weighted by Gasteiger charge is -2.28. The first-order chi connectivity index (χ1) is 13.9. The molecule has 29 heavy (non-hydrogen) atoms. The zero-order valence-corrected chi connectivity index (χ0v) is 15.8. The van der Waals surface area contributed by atoms with Gasteiger partial charge in [0, 0.05) is 32.6 Å². The highest BCUT2D eigenvalue weighted by molar-refractivity contribution is 5.97. The molecule has 0 saturated heterocycles. The van der Waals surface area contributed by atoms with Crippen LogP contribution in [0, 0.1) is 0 Å². The summed E-state index contributed by atoms with van der Waals surface area (Å²) in [7, 11) is 0. The van der Waals surface area contributed by atoms with E-state index in [1.807, 2.05) is 0 Å². The first kappa shape index (κ1) is 19.6. The van der Waals surface area contributed by atoms with Gasteiger partial charge in [-0.25, -0.2) is 4.98 Å². The fourth-order valence-corrected chi connectivity index (χ4v) is 3.70. The van der Waals surface area contributed by atoms with Crippen LogP contribution in [0.15, 0.2) is 34.1 Å². The van der Waals surface area contributed by atoms with Gasteiger partial charge in [0.25, 0.3) is 5.56 Å². The van der Waals surface area contributed by atoms with Gasteiger partial charge < -0.3 is 9.72 Å². The molecule has 0 unspecified atom stereocenters. The smallest absolute Gasteiger partial charge is 0.406 e. The van der Waals surface area contributed by atoms with Crippen LogP contribution in [-0.2, 0) is 19.5 Å². The van der Waals surface area contributed by atoms with Crippen molar-refractivity contribution < 1.29 is 17.9 Å². The van der Waals surface area contributed by atoms with E-state index in [9.17, 15) is 18.0 Å². The van der Waals surface area contributed by atoms with Crippen molar-refractivity contribution in [1.82, 2.24) is 14.9 Å². The SMILES string of the molecule is O=c1[nH]c(C2=NCCCC2)nc2c1CN(Cc1ccc(OC(F)(F)F)cc1)CC2. The van der Waals surface area contributed by atoms with Gasteiger partial charge in [-0.05, 0) is 37.0 Å². The Morgan fingerprint density at radius 3 is 2.62 bits per heavy atom. The second-order valence-corrected chi connectivity index (χ2v) is 7.28. The van der Waals surface area contributed by atoms with Gasteiger partial charge in [-0.15, -0.1) is 13.2 Å². The quantitative estimate of drug-likeness (QED) is 0.847. The Kier molecular flexibility index (Phi) is 5.40. The molecule has 0 spiro atoms. The highest BCUT2D eigenvalue weighted by Crippen LogP contribution is 2.24. The number of nitrogens with one attached hydrogen (secondary N) is 1.